The summed E-state index contributed by atoms with van der Waals surface area (Å²) in [5, 5.41) is 13.3. The summed E-state index contributed by atoms with van der Waals surface area (Å²) < 4.78 is 0. The summed E-state index contributed by atoms with van der Waals surface area (Å²) >= 11 is 0. The average Bonchev–Trinajstić information content (AvgIpc) is 2.73. The molecule has 1 aromatic heterocycles. The summed E-state index contributed by atoms with van der Waals surface area (Å²) in [6.07, 6.45) is 1.45. The number of rotatable bonds is 5. The van der Waals surface area contributed by atoms with Gasteiger partial charge in [0.15, 0.2) is 0 Å². The zero-order valence-electron chi connectivity index (χ0n) is 12.1. The number of anilines is 1. The molecule has 20 heavy (non-hydrogen) atoms. The minimum atomic E-state index is -0.554. The van der Waals surface area contributed by atoms with Crippen LogP contribution in [-0.4, -0.2) is 27.7 Å². The van der Waals surface area contributed by atoms with Crippen molar-refractivity contribution in [3.63, 3.8) is 0 Å². The number of nitrogens with one attached hydrogen (secondary N) is 3. The van der Waals surface area contributed by atoms with Gasteiger partial charge in [-0.3, -0.25) is 0 Å². The van der Waals surface area contributed by atoms with Crippen LogP contribution < -0.4 is 11.0 Å². The lowest BCUT2D eigenvalue weighted by atomic mass is 10.0. The van der Waals surface area contributed by atoms with Gasteiger partial charge in [0.1, 0.15) is 0 Å². The van der Waals surface area contributed by atoms with Crippen molar-refractivity contribution >= 4 is 5.69 Å². The van der Waals surface area contributed by atoms with Crippen LogP contribution in [0, 0.1) is 20.8 Å². The van der Waals surface area contributed by atoms with Gasteiger partial charge in [0.2, 0.25) is 0 Å². The Morgan fingerprint density at radius 2 is 1.90 bits per heavy atom. The van der Waals surface area contributed by atoms with E-state index in [9.17, 15) is 9.90 Å². The molecule has 1 unspecified atom stereocenters. The molecule has 0 saturated carbocycles. The maximum Gasteiger partial charge on any atom is 0.323 e. The largest absolute Gasteiger partial charge is 0.391 e. The molecule has 108 valence electrons. The maximum absolute atomic E-state index is 11.0. The van der Waals surface area contributed by atoms with Crippen molar-refractivity contribution in [3.8, 4) is 0 Å². The lowest BCUT2D eigenvalue weighted by Crippen LogP contribution is -2.23. The smallest absolute Gasteiger partial charge is 0.323 e. The Labute approximate surface area is 118 Å². The molecule has 0 amide bonds. The van der Waals surface area contributed by atoms with Gasteiger partial charge >= 0.3 is 5.69 Å². The first-order chi connectivity index (χ1) is 9.45. The first-order valence-corrected chi connectivity index (χ1v) is 6.72. The van der Waals surface area contributed by atoms with Gasteiger partial charge in [0, 0.05) is 30.5 Å². The van der Waals surface area contributed by atoms with Gasteiger partial charge < -0.3 is 20.4 Å². The zero-order valence-corrected chi connectivity index (χ0v) is 12.1. The van der Waals surface area contributed by atoms with Crippen molar-refractivity contribution in [2.75, 3.05) is 11.9 Å². The number of aryl methyl sites for hydroxylation is 3. The normalized spacial score (nSPS) is 12.4. The summed E-state index contributed by atoms with van der Waals surface area (Å²) in [6.45, 7) is 6.62. The maximum atomic E-state index is 11.0. The number of aromatic nitrogens is 2. The van der Waals surface area contributed by atoms with Gasteiger partial charge in [-0.25, -0.2) is 4.79 Å². The molecule has 0 saturated heterocycles. The Balaban J connectivity index is 1.96. The fourth-order valence-corrected chi connectivity index (χ4v) is 2.49. The minimum Gasteiger partial charge on any atom is -0.391 e. The third kappa shape index (κ3) is 3.51. The van der Waals surface area contributed by atoms with Crippen LogP contribution in [0.25, 0.3) is 0 Å². The van der Waals surface area contributed by atoms with Gasteiger partial charge in [0.05, 0.1) is 6.10 Å². The summed E-state index contributed by atoms with van der Waals surface area (Å²) in [5.74, 6) is 0. The first-order valence-electron chi connectivity index (χ1n) is 6.72. The molecule has 0 bridgehead atoms. The summed E-state index contributed by atoms with van der Waals surface area (Å²) in [4.78, 5) is 16.1. The Hall–Kier alpha value is -2.01. The number of benzene rings is 1. The minimum absolute atomic E-state index is 0.245. The molecule has 1 aromatic carbocycles. The third-order valence-corrected chi connectivity index (χ3v) is 3.30. The van der Waals surface area contributed by atoms with E-state index in [-0.39, 0.29) is 5.69 Å². The van der Waals surface area contributed by atoms with Gasteiger partial charge in [-0.05, 0) is 31.9 Å². The predicted octanol–water partition coefficient (Wildman–Crippen LogP) is 1.64. The van der Waals surface area contributed by atoms with E-state index in [4.69, 9.17) is 0 Å². The Morgan fingerprint density at radius 1 is 1.25 bits per heavy atom. The molecule has 0 radical (unpaired) electrons. The standard InChI is InChI=1S/C15H21N3O2/c1-9-4-10(2)14(11(3)5-9)16-8-13(19)6-12-7-17-15(20)18-12/h4-5,7,13,16,19H,6,8H2,1-3H3,(H2,17,18,20). The number of H-pyrrole nitrogens is 2. The highest BCUT2D eigenvalue weighted by molar-refractivity contribution is 5.58. The topological polar surface area (TPSA) is 80.9 Å². The molecule has 4 N–H and O–H groups in total. The number of aliphatic hydroxyl groups excluding tert-OH is 1. The Bertz CT molecular complexity index is 620. The van der Waals surface area contributed by atoms with E-state index < -0.39 is 6.10 Å². The van der Waals surface area contributed by atoms with Crippen molar-refractivity contribution in [1.29, 1.82) is 0 Å². The number of aliphatic hydroxyl groups is 1. The van der Waals surface area contributed by atoms with Gasteiger partial charge in [-0.2, -0.15) is 0 Å². The van der Waals surface area contributed by atoms with Crippen LogP contribution in [0.5, 0.6) is 0 Å². The third-order valence-electron chi connectivity index (χ3n) is 3.30. The molecule has 5 nitrogen and oxygen atoms in total. The highest BCUT2D eigenvalue weighted by Crippen LogP contribution is 2.21. The Kier molecular flexibility index (Phi) is 4.29. The van der Waals surface area contributed by atoms with Gasteiger partial charge in [0.25, 0.3) is 0 Å². The summed E-state index contributed by atoms with van der Waals surface area (Å²) in [6, 6.07) is 4.23. The van der Waals surface area contributed by atoms with E-state index >= 15 is 0 Å². The zero-order chi connectivity index (χ0) is 14.7. The molecular weight excluding hydrogens is 254 g/mol. The number of hydrogen-bond donors (Lipinski definition) is 4. The molecule has 0 aliphatic heterocycles. The van der Waals surface area contributed by atoms with Crippen LogP contribution in [0.2, 0.25) is 0 Å². The molecule has 1 heterocycles. The highest BCUT2D eigenvalue weighted by Gasteiger charge is 2.09. The molecule has 1 atom stereocenters. The fourth-order valence-electron chi connectivity index (χ4n) is 2.49. The van der Waals surface area contributed by atoms with Crippen molar-refractivity contribution in [2.45, 2.75) is 33.3 Å². The van der Waals surface area contributed by atoms with E-state index in [1.165, 1.54) is 16.7 Å². The van der Waals surface area contributed by atoms with Crippen LogP contribution in [-0.2, 0) is 6.42 Å². The second kappa shape index (κ2) is 5.96. The monoisotopic (exact) mass is 275 g/mol. The van der Waals surface area contributed by atoms with Crippen LogP contribution in [0.3, 0.4) is 0 Å². The van der Waals surface area contributed by atoms with E-state index in [0.717, 1.165) is 5.69 Å². The predicted molar refractivity (Wildman–Crippen MR) is 80.3 cm³/mol. The first kappa shape index (κ1) is 14.4. The summed E-state index contributed by atoms with van der Waals surface area (Å²) in [5.41, 5.74) is 5.11. The SMILES string of the molecule is Cc1cc(C)c(NCC(O)Cc2c[nH]c(=O)[nH]2)c(C)c1. The average molecular weight is 275 g/mol. The van der Waals surface area contributed by atoms with E-state index in [0.29, 0.717) is 18.7 Å². The number of aromatic amines is 2. The van der Waals surface area contributed by atoms with E-state index in [1.807, 2.05) is 0 Å². The van der Waals surface area contributed by atoms with Crippen LogP contribution in [0.15, 0.2) is 23.1 Å². The van der Waals surface area contributed by atoms with Crippen molar-refractivity contribution < 1.29 is 5.11 Å². The molecule has 2 rings (SSSR count). The fraction of sp³-hybridized carbons (Fsp3) is 0.400. The quantitative estimate of drug-likeness (QED) is 0.669. The van der Waals surface area contributed by atoms with Crippen molar-refractivity contribution in [2.24, 2.45) is 0 Å². The van der Waals surface area contributed by atoms with Gasteiger partial charge in [-0.1, -0.05) is 17.7 Å². The lowest BCUT2D eigenvalue weighted by Gasteiger charge is -2.16. The highest BCUT2D eigenvalue weighted by atomic mass is 16.3. The summed E-state index contributed by atoms with van der Waals surface area (Å²) in [7, 11) is 0. The van der Waals surface area contributed by atoms with Crippen LogP contribution in [0.1, 0.15) is 22.4 Å². The second-order valence-corrected chi connectivity index (χ2v) is 5.28. The van der Waals surface area contributed by atoms with E-state index in [2.05, 4.69) is 48.2 Å². The molecule has 0 aliphatic rings. The van der Waals surface area contributed by atoms with Crippen molar-refractivity contribution in [1.82, 2.24) is 9.97 Å². The molecule has 0 fully saturated rings. The lowest BCUT2D eigenvalue weighted by molar-refractivity contribution is 0.187. The van der Waals surface area contributed by atoms with Gasteiger partial charge in [-0.15, -0.1) is 0 Å². The molecule has 5 heteroatoms. The second-order valence-electron chi connectivity index (χ2n) is 5.28. The van der Waals surface area contributed by atoms with E-state index in [1.54, 1.807) is 6.20 Å². The molecular formula is C15H21N3O2. The number of hydrogen-bond acceptors (Lipinski definition) is 3. The number of imidazole rings is 1. The van der Waals surface area contributed by atoms with Crippen molar-refractivity contribution in [3.05, 3.63) is 51.2 Å². The van der Waals surface area contributed by atoms with Crippen LogP contribution in [0.4, 0.5) is 5.69 Å². The van der Waals surface area contributed by atoms with Crippen LogP contribution >= 0.6 is 0 Å². The molecule has 2 aromatic rings. The Morgan fingerprint density at radius 3 is 2.45 bits per heavy atom. The molecule has 0 spiro atoms. The molecule has 0 aliphatic carbocycles.